The van der Waals surface area contributed by atoms with Crippen LogP contribution in [-0.2, 0) is 0 Å². The van der Waals surface area contributed by atoms with Crippen LogP contribution in [-0.4, -0.2) is 21.2 Å². The lowest BCUT2D eigenvalue weighted by Gasteiger charge is -2.08. The van der Waals surface area contributed by atoms with Gasteiger partial charge in [-0.25, -0.2) is 0 Å². The molecule has 82 valence electrons. The van der Waals surface area contributed by atoms with E-state index in [0.29, 0.717) is 6.04 Å². The highest BCUT2D eigenvalue weighted by Crippen LogP contribution is 2.15. The Morgan fingerprint density at radius 2 is 1.75 bits per heavy atom. The molecule has 0 aliphatic rings. The Kier molecular flexibility index (Phi) is 3.10. The maximum atomic E-state index is 4.16. The predicted molar refractivity (Wildman–Crippen MR) is 64.0 cm³/mol. The Labute approximate surface area is 94.8 Å². The van der Waals surface area contributed by atoms with Crippen LogP contribution in [0.25, 0.3) is 11.3 Å². The number of anilines is 1. The lowest BCUT2D eigenvalue weighted by molar-refractivity contribution is 0.874. The molecule has 0 aromatic carbocycles. The van der Waals surface area contributed by atoms with Crippen LogP contribution in [0, 0.1) is 0 Å². The molecule has 0 unspecified atom stereocenters. The van der Waals surface area contributed by atoms with Crippen molar-refractivity contribution in [3.8, 4) is 11.3 Å². The number of nitrogens with zero attached hydrogens (tertiary/aromatic N) is 3. The first-order valence-electron chi connectivity index (χ1n) is 5.26. The van der Waals surface area contributed by atoms with E-state index in [1.807, 2.05) is 24.3 Å². The highest BCUT2D eigenvalue weighted by molar-refractivity contribution is 5.58. The molecule has 4 nitrogen and oxygen atoms in total. The molecule has 0 saturated heterocycles. The van der Waals surface area contributed by atoms with Crippen LogP contribution in [0.3, 0.4) is 0 Å². The minimum absolute atomic E-state index is 0.362. The van der Waals surface area contributed by atoms with Crippen molar-refractivity contribution in [2.45, 2.75) is 19.9 Å². The van der Waals surface area contributed by atoms with E-state index in [1.54, 1.807) is 12.4 Å². The van der Waals surface area contributed by atoms with Gasteiger partial charge in [-0.15, -0.1) is 10.2 Å². The second-order valence-electron chi connectivity index (χ2n) is 3.84. The van der Waals surface area contributed by atoms with Crippen LogP contribution in [0.15, 0.2) is 36.7 Å². The summed E-state index contributed by atoms with van der Waals surface area (Å²) in [5.41, 5.74) is 1.88. The zero-order valence-electron chi connectivity index (χ0n) is 9.38. The molecular weight excluding hydrogens is 200 g/mol. The van der Waals surface area contributed by atoms with E-state index in [2.05, 4.69) is 34.3 Å². The third-order valence-electron chi connectivity index (χ3n) is 2.08. The van der Waals surface area contributed by atoms with Gasteiger partial charge in [-0.2, -0.15) is 0 Å². The number of pyridine rings is 1. The molecule has 0 atom stereocenters. The largest absolute Gasteiger partial charge is 0.366 e. The van der Waals surface area contributed by atoms with Gasteiger partial charge >= 0.3 is 0 Å². The second kappa shape index (κ2) is 4.70. The third kappa shape index (κ3) is 2.53. The molecule has 1 N–H and O–H groups in total. The van der Waals surface area contributed by atoms with Crippen molar-refractivity contribution in [3.05, 3.63) is 36.7 Å². The van der Waals surface area contributed by atoms with E-state index >= 15 is 0 Å². The van der Waals surface area contributed by atoms with Gasteiger partial charge in [-0.3, -0.25) is 4.98 Å². The Morgan fingerprint density at radius 1 is 1.00 bits per heavy atom. The van der Waals surface area contributed by atoms with E-state index in [9.17, 15) is 0 Å². The van der Waals surface area contributed by atoms with E-state index in [4.69, 9.17) is 0 Å². The Hall–Kier alpha value is -1.97. The maximum absolute atomic E-state index is 4.16. The van der Waals surface area contributed by atoms with Crippen molar-refractivity contribution in [2.24, 2.45) is 0 Å². The third-order valence-corrected chi connectivity index (χ3v) is 2.08. The Balaban J connectivity index is 2.20. The Morgan fingerprint density at radius 3 is 2.31 bits per heavy atom. The van der Waals surface area contributed by atoms with Gasteiger partial charge in [0.15, 0.2) is 0 Å². The summed E-state index contributed by atoms with van der Waals surface area (Å²) in [5.74, 6) is 0.799. The van der Waals surface area contributed by atoms with E-state index in [1.165, 1.54) is 0 Å². The molecule has 2 rings (SSSR count). The fraction of sp³-hybridized carbons (Fsp3) is 0.250. The summed E-state index contributed by atoms with van der Waals surface area (Å²) in [4.78, 5) is 3.97. The highest BCUT2D eigenvalue weighted by Gasteiger charge is 2.01. The first-order valence-corrected chi connectivity index (χ1v) is 5.26. The first-order chi connectivity index (χ1) is 7.75. The molecule has 16 heavy (non-hydrogen) atoms. The van der Waals surface area contributed by atoms with Gasteiger partial charge < -0.3 is 5.32 Å². The van der Waals surface area contributed by atoms with Gasteiger partial charge in [0.2, 0.25) is 0 Å². The first kappa shape index (κ1) is 10.5. The zero-order chi connectivity index (χ0) is 11.4. The minimum Gasteiger partial charge on any atom is -0.366 e. The smallest absolute Gasteiger partial charge is 0.148 e. The average Bonchev–Trinajstić information content (AvgIpc) is 2.30. The fourth-order valence-electron chi connectivity index (χ4n) is 1.38. The van der Waals surface area contributed by atoms with Crippen LogP contribution in [0.4, 0.5) is 5.82 Å². The fourth-order valence-corrected chi connectivity index (χ4v) is 1.38. The van der Waals surface area contributed by atoms with Crippen LogP contribution in [0.1, 0.15) is 13.8 Å². The zero-order valence-corrected chi connectivity index (χ0v) is 9.38. The Bertz CT molecular complexity index is 436. The van der Waals surface area contributed by atoms with Crippen molar-refractivity contribution in [3.63, 3.8) is 0 Å². The molecule has 0 spiro atoms. The predicted octanol–water partition coefficient (Wildman–Crippen LogP) is 2.36. The number of hydrogen-bond donors (Lipinski definition) is 1. The number of hydrogen-bond acceptors (Lipinski definition) is 4. The van der Waals surface area contributed by atoms with Crippen LogP contribution in [0.2, 0.25) is 0 Å². The molecule has 2 heterocycles. The van der Waals surface area contributed by atoms with Crippen molar-refractivity contribution in [2.75, 3.05) is 5.32 Å². The van der Waals surface area contributed by atoms with E-state index in [0.717, 1.165) is 17.1 Å². The van der Waals surface area contributed by atoms with E-state index in [-0.39, 0.29) is 0 Å². The summed E-state index contributed by atoms with van der Waals surface area (Å²) in [6, 6.07) is 8.08. The van der Waals surface area contributed by atoms with E-state index < -0.39 is 0 Å². The summed E-state index contributed by atoms with van der Waals surface area (Å²) in [6.45, 7) is 4.14. The minimum atomic E-state index is 0.362. The lowest BCUT2D eigenvalue weighted by Crippen LogP contribution is -2.11. The normalized spacial score (nSPS) is 10.4. The molecule has 0 aliphatic carbocycles. The summed E-state index contributed by atoms with van der Waals surface area (Å²) >= 11 is 0. The molecular formula is C12H14N4. The number of nitrogens with one attached hydrogen (secondary N) is 1. The summed E-state index contributed by atoms with van der Waals surface area (Å²) < 4.78 is 0. The van der Waals surface area contributed by atoms with Crippen molar-refractivity contribution in [1.29, 1.82) is 0 Å². The van der Waals surface area contributed by atoms with Crippen LogP contribution < -0.4 is 5.32 Å². The summed E-state index contributed by atoms with van der Waals surface area (Å²) in [6.07, 6.45) is 3.49. The molecule has 0 amide bonds. The monoisotopic (exact) mass is 214 g/mol. The highest BCUT2D eigenvalue weighted by atomic mass is 15.2. The molecule has 0 radical (unpaired) electrons. The number of rotatable bonds is 3. The molecule has 0 fully saturated rings. The van der Waals surface area contributed by atoms with Gasteiger partial charge in [-0.05, 0) is 38.1 Å². The van der Waals surface area contributed by atoms with Crippen molar-refractivity contribution >= 4 is 5.82 Å². The quantitative estimate of drug-likeness (QED) is 0.852. The van der Waals surface area contributed by atoms with Gasteiger partial charge in [0.25, 0.3) is 0 Å². The summed E-state index contributed by atoms with van der Waals surface area (Å²) in [7, 11) is 0. The SMILES string of the molecule is CC(C)Nc1ccc(-c2ccncc2)nn1. The van der Waals surface area contributed by atoms with Gasteiger partial charge in [0, 0.05) is 24.0 Å². The van der Waals surface area contributed by atoms with Gasteiger partial charge in [-0.1, -0.05) is 0 Å². The van der Waals surface area contributed by atoms with Crippen molar-refractivity contribution in [1.82, 2.24) is 15.2 Å². The molecule has 0 bridgehead atoms. The molecule has 4 heteroatoms. The van der Waals surface area contributed by atoms with Crippen LogP contribution in [0.5, 0.6) is 0 Å². The molecule has 0 saturated carbocycles. The average molecular weight is 214 g/mol. The topological polar surface area (TPSA) is 50.7 Å². The molecule has 0 aliphatic heterocycles. The summed E-state index contributed by atoms with van der Waals surface area (Å²) in [5, 5.41) is 11.5. The molecule has 2 aromatic rings. The lowest BCUT2D eigenvalue weighted by atomic mass is 10.2. The maximum Gasteiger partial charge on any atom is 0.148 e. The van der Waals surface area contributed by atoms with Crippen LogP contribution >= 0.6 is 0 Å². The second-order valence-corrected chi connectivity index (χ2v) is 3.84. The van der Waals surface area contributed by atoms with Gasteiger partial charge in [0.1, 0.15) is 5.82 Å². The number of aromatic nitrogens is 3. The molecule has 2 aromatic heterocycles. The standard InChI is InChI=1S/C12H14N4/c1-9(2)14-12-4-3-11(15-16-12)10-5-7-13-8-6-10/h3-9H,1-2H3,(H,14,16). The van der Waals surface area contributed by atoms with Crippen molar-refractivity contribution < 1.29 is 0 Å². The van der Waals surface area contributed by atoms with Gasteiger partial charge in [0.05, 0.1) is 5.69 Å².